The lowest BCUT2D eigenvalue weighted by atomic mass is 9.71. The van der Waals surface area contributed by atoms with E-state index in [1.807, 2.05) is 24.3 Å². The van der Waals surface area contributed by atoms with Crippen LogP contribution in [0.2, 0.25) is 5.02 Å². The van der Waals surface area contributed by atoms with Gasteiger partial charge in [-0.1, -0.05) is 55.1 Å². The number of hydrogen-bond acceptors (Lipinski definition) is 4. The van der Waals surface area contributed by atoms with E-state index in [-0.39, 0.29) is 5.92 Å². The molecule has 1 heterocycles. The van der Waals surface area contributed by atoms with Crippen molar-refractivity contribution in [3.8, 4) is 5.75 Å². The molecule has 0 aromatic heterocycles. The SMILES string of the molecule is COc1ccc(C(CCN2CCN(Cc3cccc(Cl)c3)CC2)C2(O)CCCCC2)cc1. The van der Waals surface area contributed by atoms with Crippen molar-refractivity contribution in [2.24, 2.45) is 0 Å². The Morgan fingerprint density at radius 3 is 2.31 bits per heavy atom. The van der Waals surface area contributed by atoms with Gasteiger partial charge in [-0.2, -0.15) is 0 Å². The molecule has 2 aliphatic rings. The Labute approximate surface area is 198 Å². The number of ether oxygens (including phenoxy) is 1. The van der Waals surface area contributed by atoms with Crippen LogP contribution in [-0.2, 0) is 6.54 Å². The standard InChI is InChI=1S/C27H37ClN2O2/c1-32-25-10-8-23(9-11-25)26(27(31)13-3-2-4-14-27)12-15-29-16-18-30(19-17-29)21-22-6-5-7-24(28)20-22/h5-11,20,26,31H,2-4,12-19,21H2,1H3. The molecule has 1 unspecified atom stereocenters. The molecule has 0 amide bonds. The van der Waals surface area contributed by atoms with E-state index in [1.165, 1.54) is 17.5 Å². The lowest BCUT2D eigenvalue weighted by Gasteiger charge is -2.41. The van der Waals surface area contributed by atoms with Crippen LogP contribution in [0.3, 0.4) is 0 Å². The first kappa shape index (κ1) is 23.6. The summed E-state index contributed by atoms with van der Waals surface area (Å²) in [6.07, 6.45) is 6.33. The van der Waals surface area contributed by atoms with Crippen molar-refractivity contribution in [3.05, 3.63) is 64.7 Å². The van der Waals surface area contributed by atoms with Crippen molar-refractivity contribution in [2.45, 2.75) is 56.6 Å². The minimum absolute atomic E-state index is 0.179. The minimum Gasteiger partial charge on any atom is -0.497 e. The first-order valence-electron chi connectivity index (χ1n) is 12.1. The fraction of sp³-hybridized carbons (Fsp3) is 0.556. The number of nitrogens with zero attached hydrogens (tertiary/aromatic N) is 2. The van der Waals surface area contributed by atoms with E-state index in [4.69, 9.17) is 16.3 Å². The Bertz CT molecular complexity index is 843. The largest absolute Gasteiger partial charge is 0.497 e. The van der Waals surface area contributed by atoms with Crippen molar-refractivity contribution in [1.82, 2.24) is 9.80 Å². The molecule has 0 spiro atoms. The molecule has 1 saturated heterocycles. The van der Waals surface area contributed by atoms with Gasteiger partial charge in [0.2, 0.25) is 0 Å². The third-order valence-corrected chi connectivity index (χ3v) is 7.62. The second-order valence-corrected chi connectivity index (χ2v) is 9.96. The predicted octanol–water partition coefficient (Wildman–Crippen LogP) is 5.34. The quantitative estimate of drug-likeness (QED) is 0.582. The summed E-state index contributed by atoms with van der Waals surface area (Å²) in [5, 5.41) is 12.4. The predicted molar refractivity (Wildman–Crippen MR) is 132 cm³/mol. The summed E-state index contributed by atoms with van der Waals surface area (Å²) in [6, 6.07) is 16.6. The molecular weight excluding hydrogens is 420 g/mol. The van der Waals surface area contributed by atoms with Gasteiger partial charge in [0, 0.05) is 43.7 Å². The highest BCUT2D eigenvalue weighted by molar-refractivity contribution is 6.30. The molecule has 4 nitrogen and oxygen atoms in total. The first-order valence-corrected chi connectivity index (χ1v) is 12.5. The molecular formula is C27H37ClN2O2. The van der Waals surface area contributed by atoms with Gasteiger partial charge in [-0.25, -0.2) is 0 Å². The zero-order valence-corrected chi connectivity index (χ0v) is 20.1. The number of hydrogen-bond donors (Lipinski definition) is 1. The van der Waals surface area contributed by atoms with E-state index in [2.05, 4.69) is 34.1 Å². The second-order valence-electron chi connectivity index (χ2n) is 9.53. The molecule has 0 radical (unpaired) electrons. The Hall–Kier alpha value is -1.59. The summed E-state index contributed by atoms with van der Waals surface area (Å²) < 4.78 is 5.35. The van der Waals surface area contributed by atoms with E-state index in [9.17, 15) is 5.11 Å². The molecule has 4 rings (SSSR count). The van der Waals surface area contributed by atoms with Gasteiger partial charge in [0.05, 0.1) is 12.7 Å². The fourth-order valence-corrected chi connectivity index (χ4v) is 5.68. The molecule has 174 valence electrons. The maximum absolute atomic E-state index is 11.6. The van der Waals surface area contributed by atoms with Crippen LogP contribution in [0.4, 0.5) is 0 Å². The maximum atomic E-state index is 11.6. The number of benzene rings is 2. The zero-order valence-electron chi connectivity index (χ0n) is 19.3. The highest BCUT2D eigenvalue weighted by Crippen LogP contribution is 2.42. The molecule has 1 aliphatic heterocycles. The third kappa shape index (κ3) is 6.05. The average Bonchev–Trinajstić information content (AvgIpc) is 2.81. The summed E-state index contributed by atoms with van der Waals surface area (Å²) in [7, 11) is 1.70. The van der Waals surface area contributed by atoms with Crippen LogP contribution in [0, 0.1) is 0 Å². The van der Waals surface area contributed by atoms with Crippen LogP contribution in [0.5, 0.6) is 5.75 Å². The molecule has 1 atom stereocenters. The fourth-order valence-electron chi connectivity index (χ4n) is 5.47. The number of piperazine rings is 1. The summed E-state index contributed by atoms with van der Waals surface area (Å²) in [5.74, 6) is 1.05. The van der Waals surface area contributed by atoms with Gasteiger partial charge in [-0.3, -0.25) is 4.90 Å². The van der Waals surface area contributed by atoms with E-state index < -0.39 is 5.60 Å². The molecule has 32 heavy (non-hydrogen) atoms. The maximum Gasteiger partial charge on any atom is 0.118 e. The summed E-state index contributed by atoms with van der Waals surface area (Å²) in [5.41, 5.74) is 1.95. The minimum atomic E-state index is -0.582. The topological polar surface area (TPSA) is 35.9 Å². The van der Waals surface area contributed by atoms with Crippen molar-refractivity contribution in [1.29, 1.82) is 0 Å². The van der Waals surface area contributed by atoms with Crippen LogP contribution in [0.15, 0.2) is 48.5 Å². The van der Waals surface area contributed by atoms with Crippen molar-refractivity contribution in [3.63, 3.8) is 0 Å². The molecule has 2 aromatic carbocycles. The van der Waals surface area contributed by atoms with Gasteiger partial charge in [0.15, 0.2) is 0 Å². The van der Waals surface area contributed by atoms with Crippen LogP contribution in [-0.4, -0.2) is 60.3 Å². The van der Waals surface area contributed by atoms with E-state index in [0.29, 0.717) is 0 Å². The second kappa shape index (κ2) is 11.0. The number of rotatable bonds is 8. The van der Waals surface area contributed by atoms with Crippen molar-refractivity contribution < 1.29 is 9.84 Å². The molecule has 1 saturated carbocycles. The van der Waals surface area contributed by atoms with Gasteiger partial charge in [-0.05, 0) is 61.2 Å². The third-order valence-electron chi connectivity index (χ3n) is 7.38. The highest BCUT2D eigenvalue weighted by Gasteiger charge is 2.38. The lowest BCUT2D eigenvalue weighted by Crippen LogP contribution is -2.47. The molecule has 5 heteroatoms. The summed E-state index contributed by atoms with van der Waals surface area (Å²) in [4.78, 5) is 5.08. The van der Waals surface area contributed by atoms with Crippen LogP contribution >= 0.6 is 11.6 Å². The zero-order chi connectivity index (χ0) is 22.4. The summed E-state index contributed by atoms with van der Waals surface area (Å²) >= 11 is 6.15. The van der Waals surface area contributed by atoms with Gasteiger partial charge in [0.25, 0.3) is 0 Å². The van der Waals surface area contributed by atoms with Crippen molar-refractivity contribution >= 4 is 11.6 Å². The molecule has 2 aromatic rings. The van der Waals surface area contributed by atoms with Gasteiger partial charge in [-0.15, -0.1) is 0 Å². The van der Waals surface area contributed by atoms with Crippen LogP contribution in [0.25, 0.3) is 0 Å². The Kier molecular flexibility index (Phi) is 8.12. The molecule has 1 aliphatic carbocycles. The normalized spacial score (nSPS) is 20.7. The number of aliphatic hydroxyl groups is 1. The van der Waals surface area contributed by atoms with Gasteiger partial charge < -0.3 is 14.7 Å². The van der Waals surface area contributed by atoms with Crippen molar-refractivity contribution in [2.75, 3.05) is 39.8 Å². The van der Waals surface area contributed by atoms with E-state index in [0.717, 1.165) is 82.1 Å². The molecule has 1 N–H and O–H groups in total. The Morgan fingerprint density at radius 2 is 1.66 bits per heavy atom. The smallest absolute Gasteiger partial charge is 0.118 e. The van der Waals surface area contributed by atoms with Gasteiger partial charge >= 0.3 is 0 Å². The van der Waals surface area contributed by atoms with E-state index >= 15 is 0 Å². The average molecular weight is 457 g/mol. The number of methoxy groups -OCH3 is 1. The Balaban J connectivity index is 1.35. The monoisotopic (exact) mass is 456 g/mol. The summed E-state index contributed by atoms with van der Waals surface area (Å²) in [6.45, 7) is 6.29. The molecule has 0 bridgehead atoms. The van der Waals surface area contributed by atoms with Crippen LogP contribution in [0.1, 0.15) is 55.6 Å². The van der Waals surface area contributed by atoms with Crippen LogP contribution < -0.4 is 4.74 Å². The Morgan fingerprint density at radius 1 is 0.969 bits per heavy atom. The van der Waals surface area contributed by atoms with Gasteiger partial charge in [0.1, 0.15) is 5.75 Å². The number of halogens is 1. The first-order chi connectivity index (χ1) is 15.6. The molecule has 2 fully saturated rings. The highest BCUT2D eigenvalue weighted by atomic mass is 35.5. The van der Waals surface area contributed by atoms with E-state index in [1.54, 1.807) is 7.11 Å². The lowest BCUT2D eigenvalue weighted by molar-refractivity contribution is -0.0273.